The van der Waals surface area contributed by atoms with Crippen LogP contribution in [0.3, 0.4) is 0 Å². The van der Waals surface area contributed by atoms with Crippen LogP contribution in [-0.2, 0) is 0 Å². The van der Waals surface area contributed by atoms with Crippen molar-refractivity contribution in [3.05, 3.63) is 57.4 Å². The van der Waals surface area contributed by atoms with Gasteiger partial charge in [-0.05, 0) is 42.7 Å². The summed E-state index contributed by atoms with van der Waals surface area (Å²) in [5.74, 6) is 1.21. The molecule has 4 rings (SSSR count). The highest BCUT2D eigenvalue weighted by Gasteiger charge is 2.16. The average molecular weight is 371 g/mol. The molecule has 2 heterocycles. The number of nitrogens with zero attached hydrogens (tertiary/aromatic N) is 2. The van der Waals surface area contributed by atoms with Crippen molar-refractivity contribution >= 4 is 44.7 Å². The van der Waals surface area contributed by atoms with Gasteiger partial charge in [0, 0.05) is 9.86 Å². The van der Waals surface area contributed by atoms with Gasteiger partial charge in [0.15, 0.2) is 5.82 Å². The number of hydrogen-bond donors (Lipinski definition) is 0. The lowest BCUT2D eigenvalue weighted by Crippen LogP contribution is -2.00. The molecule has 3 nitrogen and oxygen atoms in total. The number of benzene rings is 1. The molecule has 0 saturated carbocycles. The Balaban J connectivity index is 1.98. The van der Waals surface area contributed by atoms with Crippen molar-refractivity contribution < 1.29 is 4.42 Å². The van der Waals surface area contributed by atoms with Crippen LogP contribution in [-0.4, -0.2) is 9.97 Å². The smallest absolute Gasteiger partial charge is 0.231 e. The molecule has 0 spiro atoms. The molecule has 1 aromatic rings. The van der Waals surface area contributed by atoms with Crippen molar-refractivity contribution in [2.24, 2.45) is 0 Å². The highest BCUT2D eigenvalue weighted by Crippen LogP contribution is 2.31. The summed E-state index contributed by atoms with van der Waals surface area (Å²) >= 11 is 8.90. The van der Waals surface area contributed by atoms with Crippen LogP contribution in [0, 0.1) is 4.64 Å². The first-order chi connectivity index (χ1) is 10.7. The summed E-state index contributed by atoms with van der Waals surface area (Å²) in [5, 5.41) is 0.976. The van der Waals surface area contributed by atoms with Gasteiger partial charge in [-0.3, -0.25) is 0 Å². The minimum Gasteiger partial charge on any atom is -0.438 e. The van der Waals surface area contributed by atoms with Gasteiger partial charge in [0.05, 0.1) is 5.56 Å². The van der Waals surface area contributed by atoms with Gasteiger partial charge in [0.25, 0.3) is 0 Å². The van der Waals surface area contributed by atoms with Crippen LogP contribution in [0.5, 0.6) is 0 Å². The van der Waals surface area contributed by atoms with Crippen LogP contribution >= 0.6 is 28.1 Å². The molecule has 0 amide bonds. The summed E-state index contributed by atoms with van der Waals surface area (Å²) in [5.41, 5.74) is 2.66. The van der Waals surface area contributed by atoms with Gasteiger partial charge < -0.3 is 4.42 Å². The van der Waals surface area contributed by atoms with Crippen molar-refractivity contribution in [1.82, 2.24) is 9.97 Å². The van der Waals surface area contributed by atoms with E-state index in [0.29, 0.717) is 16.4 Å². The SMILES string of the molecule is S=c1nc(C2=CC=CCC2)nc2oc3ccc(Br)cc3cc1-2. The molecule has 0 atom stereocenters. The predicted molar refractivity (Wildman–Crippen MR) is 93.3 cm³/mol. The molecular weight excluding hydrogens is 360 g/mol. The lowest BCUT2D eigenvalue weighted by Gasteiger charge is -2.11. The van der Waals surface area contributed by atoms with Crippen molar-refractivity contribution in [2.45, 2.75) is 12.8 Å². The summed E-state index contributed by atoms with van der Waals surface area (Å²) in [6.07, 6.45) is 8.14. The van der Waals surface area contributed by atoms with Crippen molar-refractivity contribution in [3.8, 4) is 11.5 Å². The maximum Gasteiger partial charge on any atom is 0.231 e. The zero-order valence-corrected chi connectivity index (χ0v) is 13.9. The van der Waals surface area contributed by atoms with E-state index in [4.69, 9.17) is 16.6 Å². The molecule has 0 fully saturated rings. The van der Waals surface area contributed by atoms with E-state index < -0.39 is 0 Å². The van der Waals surface area contributed by atoms with E-state index in [1.807, 2.05) is 36.4 Å². The molecule has 1 aliphatic carbocycles. The van der Waals surface area contributed by atoms with E-state index in [0.717, 1.165) is 39.4 Å². The first-order valence-corrected chi connectivity index (χ1v) is 8.18. The molecule has 0 unspecified atom stereocenters. The Morgan fingerprint density at radius 3 is 2.91 bits per heavy atom. The Bertz CT molecular complexity index is 974. The van der Waals surface area contributed by atoms with Crippen LogP contribution in [0.4, 0.5) is 0 Å². The van der Waals surface area contributed by atoms with Crippen LogP contribution in [0.25, 0.3) is 28.0 Å². The third-order valence-electron chi connectivity index (χ3n) is 3.66. The van der Waals surface area contributed by atoms with Crippen LogP contribution in [0.1, 0.15) is 18.7 Å². The van der Waals surface area contributed by atoms with Crippen molar-refractivity contribution in [3.63, 3.8) is 0 Å². The molecule has 3 aliphatic rings. The predicted octanol–water partition coefficient (Wildman–Crippen LogP) is 5.55. The molecule has 2 aliphatic heterocycles. The minimum absolute atomic E-state index is 0.529. The lowest BCUT2D eigenvalue weighted by atomic mass is 10.0. The summed E-state index contributed by atoms with van der Waals surface area (Å²) in [7, 11) is 0. The Labute approximate surface area is 140 Å². The fraction of sp³-hybridized carbons (Fsp3) is 0.118. The molecular formula is C17H11BrN2OS. The number of allylic oxidation sites excluding steroid dienone is 4. The fourth-order valence-electron chi connectivity index (χ4n) is 2.55. The normalized spacial score (nSPS) is 14.5. The van der Waals surface area contributed by atoms with Gasteiger partial charge in [0.1, 0.15) is 10.2 Å². The maximum absolute atomic E-state index is 5.93. The Hall–Kier alpha value is -1.85. The van der Waals surface area contributed by atoms with Crippen LogP contribution < -0.4 is 0 Å². The van der Waals surface area contributed by atoms with Gasteiger partial charge in [-0.25, -0.2) is 4.98 Å². The van der Waals surface area contributed by atoms with E-state index >= 15 is 0 Å². The Morgan fingerprint density at radius 1 is 1.18 bits per heavy atom. The topological polar surface area (TPSA) is 38.9 Å². The molecule has 0 saturated heterocycles. The fourth-order valence-corrected chi connectivity index (χ4v) is 3.16. The summed E-state index contributed by atoms with van der Waals surface area (Å²) in [4.78, 5) is 9.06. The molecule has 0 radical (unpaired) electrons. The third kappa shape index (κ3) is 2.40. The number of halogens is 1. The summed E-state index contributed by atoms with van der Waals surface area (Å²) < 4.78 is 7.46. The first-order valence-electron chi connectivity index (χ1n) is 6.98. The molecule has 22 heavy (non-hydrogen) atoms. The molecule has 0 aromatic heterocycles. The number of rotatable bonds is 1. The van der Waals surface area contributed by atoms with Crippen LogP contribution in [0.15, 0.2) is 51.4 Å². The molecule has 108 valence electrons. The van der Waals surface area contributed by atoms with E-state index in [-0.39, 0.29) is 0 Å². The standard InChI is InChI=1S/C17H11BrN2OS/c18-12-6-7-14-11(8-12)9-13-16(21-14)19-15(20-17(13)22)10-4-2-1-3-5-10/h1-2,4,6-9H,3,5H2. The highest BCUT2D eigenvalue weighted by atomic mass is 79.9. The zero-order chi connectivity index (χ0) is 15.1. The lowest BCUT2D eigenvalue weighted by molar-refractivity contribution is 0.594. The van der Waals surface area contributed by atoms with E-state index in [2.05, 4.69) is 32.0 Å². The van der Waals surface area contributed by atoms with E-state index in [1.54, 1.807) is 0 Å². The number of hydrogen-bond acceptors (Lipinski definition) is 4. The number of aromatic nitrogens is 2. The quantitative estimate of drug-likeness (QED) is 0.415. The molecule has 1 aromatic carbocycles. The Morgan fingerprint density at radius 2 is 2.09 bits per heavy atom. The van der Waals surface area contributed by atoms with Gasteiger partial charge in [-0.1, -0.05) is 46.4 Å². The maximum atomic E-state index is 5.93. The van der Waals surface area contributed by atoms with Crippen LogP contribution in [0.2, 0.25) is 0 Å². The molecule has 0 N–H and O–H groups in total. The molecule has 5 heteroatoms. The van der Waals surface area contributed by atoms with E-state index in [9.17, 15) is 0 Å². The van der Waals surface area contributed by atoms with Gasteiger partial charge >= 0.3 is 0 Å². The monoisotopic (exact) mass is 370 g/mol. The first kappa shape index (κ1) is 13.8. The molecule has 0 bridgehead atoms. The highest BCUT2D eigenvalue weighted by molar-refractivity contribution is 9.10. The third-order valence-corrected chi connectivity index (χ3v) is 4.46. The van der Waals surface area contributed by atoms with Crippen molar-refractivity contribution in [2.75, 3.05) is 0 Å². The van der Waals surface area contributed by atoms with Crippen molar-refractivity contribution in [1.29, 1.82) is 0 Å². The largest absolute Gasteiger partial charge is 0.438 e. The number of fused-ring (bicyclic) bond motifs is 2. The summed E-state index contributed by atoms with van der Waals surface area (Å²) in [6.45, 7) is 0. The minimum atomic E-state index is 0.529. The van der Waals surface area contributed by atoms with Gasteiger partial charge in [0.2, 0.25) is 5.89 Å². The second kappa shape index (κ2) is 5.41. The second-order valence-electron chi connectivity index (χ2n) is 5.16. The zero-order valence-electron chi connectivity index (χ0n) is 11.5. The second-order valence-corrected chi connectivity index (χ2v) is 6.46. The average Bonchev–Trinajstić information content (AvgIpc) is 2.54. The van der Waals surface area contributed by atoms with Gasteiger partial charge in [-0.2, -0.15) is 4.98 Å². The van der Waals surface area contributed by atoms with Gasteiger partial charge in [-0.15, -0.1) is 0 Å². The Kier molecular flexibility index (Phi) is 3.39. The summed E-state index contributed by atoms with van der Waals surface area (Å²) in [6, 6.07) is 7.85. The van der Waals surface area contributed by atoms with E-state index in [1.165, 1.54) is 0 Å².